The van der Waals surface area contributed by atoms with Crippen LogP contribution in [0.3, 0.4) is 0 Å². The molecule has 208 valence electrons. The van der Waals surface area contributed by atoms with E-state index in [1.54, 1.807) is 30.3 Å². The molecule has 1 atom stereocenters. The highest BCUT2D eigenvalue weighted by Crippen LogP contribution is 2.27. The first-order valence-electron chi connectivity index (χ1n) is 13.0. The van der Waals surface area contributed by atoms with Crippen molar-refractivity contribution < 1.29 is 18.0 Å². The van der Waals surface area contributed by atoms with Gasteiger partial charge in [0.1, 0.15) is 12.6 Å². The van der Waals surface area contributed by atoms with E-state index in [-0.39, 0.29) is 23.0 Å². The highest BCUT2D eigenvalue weighted by molar-refractivity contribution is 7.92. The van der Waals surface area contributed by atoms with E-state index >= 15 is 0 Å². The van der Waals surface area contributed by atoms with Crippen LogP contribution in [0.15, 0.2) is 77.7 Å². The van der Waals surface area contributed by atoms with E-state index in [2.05, 4.69) is 5.32 Å². The average Bonchev–Trinajstić information content (AvgIpc) is 2.91. The lowest BCUT2D eigenvalue weighted by molar-refractivity contribution is -0.140. The van der Waals surface area contributed by atoms with Gasteiger partial charge < -0.3 is 10.2 Å². The van der Waals surface area contributed by atoms with Gasteiger partial charge in [0, 0.05) is 18.1 Å². The van der Waals surface area contributed by atoms with Crippen LogP contribution >= 0.6 is 11.6 Å². The fourth-order valence-corrected chi connectivity index (χ4v) is 5.76. The molecule has 0 saturated carbocycles. The maximum atomic E-state index is 14.0. The molecule has 0 aliphatic rings. The Morgan fingerprint density at radius 1 is 0.923 bits per heavy atom. The molecule has 39 heavy (non-hydrogen) atoms. The number of carbonyl (C=O) groups excluding carboxylic acids is 2. The Kier molecular flexibility index (Phi) is 10.5. The fourth-order valence-electron chi connectivity index (χ4n) is 4.17. The molecular weight excluding hydrogens is 534 g/mol. The van der Waals surface area contributed by atoms with Crippen molar-refractivity contribution in [1.82, 2.24) is 10.2 Å². The van der Waals surface area contributed by atoms with E-state index in [0.29, 0.717) is 18.0 Å². The molecule has 0 bridgehead atoms. The zero-order valence-electron chi connectivity index (χ0n) is 22.9. The molecule has 3 aromatic carbocycles. The number of hydrogen-bond acceptors (Lipinski definition) is 4. The van der Waals surface area contributed by atoms with Crippen molar-refractivity contribution in [2.24, 2.45) is 0 Å². The van der Waals surface area contributed by atoms with Crippen molar-refractivity contribution in [3.05, 3.63) is 94.5 Å². The SMILES string of the molecule is CCCNC(=O)[C@@H](CC)N(Cc1ccc(C)cc1)C(=O)CN(c1cccc(Cl)c1)S(=O)(=O)c1ccc(C)cc1. The third-order valence-electron chi connectivity index (χ3n) is 6.39. The molecule has 0 radical (unpaired) electrons. The van der Waals surface area contributed by atoms with Gasteiger partial charge in [0.05, 0.1) is 10.6 Å². The lowest BCUT2D eigenvalue weighted by Crippen LogP contribution is -2.52. The van der Waals surface area contributed by atoms with E-state index in [1.165, 1.54) is 23.1 Å². The Bertz CT molecular complexity index is 1380. The summed E-state index contributed by atoms with van der Waals surface area (Å²) in [7, 11) is -4.13. The van der Waals surface area contributed by atoms with Gasteiger partial charge in [-0.05, 0) is 62.6 Å². The Labute approximate surface area is 236 Å². The predicted molar refractivity (Wildman–Crippen MR) is 156 cm³/mol. The quantitative estimate of drug-likeness (QED) is 0.313. The molecule has 7 nitrogen and oxygen atoms in total. The number of benzene rings is 3. The smallest absolute Gasteiger partial charge is 0.264 e. The number of carbonyl (C=O) groups is 2. The Morgan fingerprint density at radius 2 is 1.54 bits per heavy atom. The van der Waals surface area contributed by atoms with Gasteiger partial charge >= 0.3 is 0 Å². The summed E-state index contributed by atoms with van der Waals surface area (Å²) < 4.78 is 28.8. The number of nitrogens with one attached hydrogen (secondary N) is 1. The highest BCUT2D eigenvalue weighted by Gasteiger charge is 2.33. The van der Waals surface area contributed by atoms with E-state index in [1.807, 2.05) is 52.0 Å². The van der Waals surface area contributed by atoms with Crippen molar-refractivity contribution >= 4 is 39.1 Å². The van der Waals surface area contributed by atoms with Gasteiger partial charge in [-0.2, -0.15) is 0 Å². The molecule has 1 N–H and O–H groups in total. The second kappa shape index (κ2) is 13.6. The van der Waals surface area contributed by atoms with Crippen LogP contribution < -0.4 is 9.62 Å². The van der Waals surface area contributed by atoms with Crippen molar-refractivity contribution in [2.45, 2.75) is 58.0 Å². The number of sulfonamides is 1. The summed E-state index contributed by atoms with van der Waals surface area (Å²) in [6, 6.07) is 19.8. The molecule has 0 aliphatic heterocycles. The molecule has 0 unspecified atom stereocenters. The van der Waals surface area contributed by atoms with Crippen LogP contribution in [0.4, 0.5) is 5.69 Å². The van der Waals surface area contributed by atoms with Crippen LogP contribution in [-0.2, 0) is 26.2 Å². The van der Waals surface area contributed by atoms with Crippen LogP contribution in [0.25, 0.3) is 0 Å². The number of hydrogen-bond donors (Lipinski definition) is 1. The summed E-state index contributed by atoms with van der Waals surface area (Å²) in [6.07, 6.45) is 1.13. The first-order chi connectivity index (χ1) is 18.6. The van der Waals surface area contributed by atoms with Crippen molar-refractivity contribution in [1.29, 1.82) is 0 Å². The fraction of sp³-hybridized carbons (Fsp3) is 0.333. The summed E-state index contributed by atoms with van der Waals surface area (Å²) >= 11 is 6.22. The Morgan fingerprint density at radius 3 is 2.10 bits per heavy atom. The van der Waals surface area contributed by atoms with Gasteiger partial charge in [0.15, 0.2) is 0 Å². The molecule has 3 rings (SSSR count). The normalized spacial score (nSPS) is 12.0. The summed E-state index contributed by atoms with van der Waals surface area (Å²) in [5.74, 6) is -0.764. The molecule has 2 amide bonds. The molecule has 0 fully saturated rings. The summed E-state index contributed by atoms with van der Waals surface area (Å²) in [4.78, 5) is 28.6. The third kappa shape index (κ3) is 7.83. The Balaban J connectivity index is 2.04. The standard InChI is InChI=1S/C30H36ClN3O4S/c1-5-18-32-30(36)28(6-2)33(20-24-14-10-22(3)11-15-24)29(35)21-34(26-9-7-8-25(31)19-26)39(37,38)27-16-12-23(4)13-17-27/h7-17,19,28H,5-6,18,20-21H2,1-4H3,(H,32,36)/t28-/m1/s1. The summed E-state index contributed by atoms with van der Waals surface area (Å²) in [6.45, 7) is 7.77. The van der Waals surface area contributed by atoms with E-state index in [4.69, 9.17) is 11.6 Å². The first-order valence-corrected chi connectivity index (χ1v) is 14.9. The molecule has 3 aromatic rings. The lowest BCUT2D eigenvalue weighted by atomic mass is 10.1. The second-order valence-electron chi connectivity index (χ2n) is 9.53. The maximum Gasteiger partial charge on any atom is 0.264 e. The number of nitrogens with zero attached hydrogens (tertiary/aromatic N) is 2. The first kappa shape index (κ1) is 30.2. The molecular formula is C30H36ClN3O4S. The van der Waals surface area contributed by atoms with Crippen LogP contribution in [0.2, 0.25) is 5.02 Å². The van der Waals surface area contributed by atoms with E-state index < -0.39 is 28.5 Å². The number of aryl methyl sites for hydroxylation is 2. The van der Waals surface area contributed by atoms with Gasteiger partial charge in [-0.1, -0.05) is 79.0 Å². The molecule has 9 heteroatoms. The monoisotopic (exact) mass is 569 g/mol. The van der Waals surface area contributed by atoms with Crippen molar-refractivity contribution in [2.75, 3.05) is 17.4 Å². The van der Waals surface area contributed by atoms with Crippen LogP contribution in [0.5, 0.6) is 0 Å². The van der Waals surface area contributed by atoms with E-state index in [0.717, 1.165) is 27.4 Å². The van der Waals surface area contributed by atoms with Gasteiger partial charge in [0.2, 0.25) is 11.8 Å². The van der Waals surface area contributed by atoms with Crippen molar-refractivity contribution in [3.63, 3.8) is 0 Å². The maximum absolute atomic E-state index is 14.0. The van der Waals surface area contributed by atoms with E-state index in [9.17, 15) is 18.0 Å². The zero-order valence-corrected chi connectivity index (χ0v) is 24.4. The molecule has 0 aromatic heterocycles. The van der Waals surface area contributed by atoms with Gasteiger partial charge in [-0.3, -0.25) is 13.9 Å². The average molecular weight is 570 g/mol. The van der Waals surface area contributed by atoms with Crippen LogP contribution in [0.1, 0.15) is 43.4 Å². The number of rotatable bonds is 12. The van der Waals surface area contributed by atoms with Gasteiger partial charge in [-0.15, -0.1) is 0 Å². The topological polar surface area (TPSA) is 86.8 Å². The molecule has 0 saturated heterocycles. The minimum atomic E-state index is -4.13. The van der Waals surface area contributed by atoms with Crippen molar-refractivity contribution in [3.8, 4) is 0 Å². The van der Waals surface area contributed by atoms with Gasteiger partial charge in [0.25, 0.3) is 10.0 Å². The number of anilines is 1. The largest absolute Gasteiger partial charge is 0.354 e. The lowest BCUT2D eigenvalue weighted by Gasteiger charge is -2.33. The second-order valence-corrected chi connectivity index (χ2v) is 11.8. The summed E-state index contributed by atoms with van der Waals surface area (Å²) in [5, 5.41) is 3.22. The number of halogens is 1. The molecule has 0 spiro atoms. The minimum Gasteiger partial charge on any atom is -0.354 e. The number of amides is 2. The van der Waals surface area contributed by atoms with Crippen LogP contribution in [-0.4, -0.2) is 44.3 Å². The van der Waals surface area contributed by atoms with Gasteiger partial charge in [-0.25, -0.2) is 8.42 Å². The Hall–Kier alpha value is -3.36. The highest BCUT2D eigenvalue weighted by atomic mass is 35.5. The third-order valence-corrected chi connectivity index (χ3v) is 8.42. The minimum absolute atomic E-state index is 0.0543. The molecule has 0 heterocycles. The van der Waals surface area contributed by atoms with Crippen LogP contribution in [0, 0.1) is 13.8 Å². The predicted octanol–water partition coefficient (Wildman–Crippen LogP) is 5.49. The zero-order chi connectivity index (χ0) is 28.6. The molecule has 0 aliphatic carbocycles. The summed E-state index contributed by atoms with van der Waals surface area (Å²) in [5.41, 5.74) is 3.08.